The van der Waals surface area contributed by atoms with Crippen LogP contribution in [0.2, 0.25) is 10.0 Å². The lowest BCUT2D eigenvalue weighted by atomic mass is 10.1. The molecule has 0 saturated carbocycles. The second kappa shape index (κ2) is 7.99. The maximum atomic E-state index is 11.8. The van der Waals surface area contributed by atoms with Gasteiger partial charge < -0.3 is 10.1 Å². The summed E-state index contributed by atoms with van der Waals surface area (Å²) in [6.07, 6.45) is 0. The van der Waals surface area contributed by atoms with Crippen molar-refractivity contribution in [2.24, 2.45) is 0 Å². The van der Waals surface area contributed by atoms with Crippen molar-refractivity contribution in [3.05, 3.63) is 63.6 Å². The van der Waals surface area contributed by atoms with Gasteiger partial charge in [-0.05, 0) is 48.9 Å². The first-order valence-corrected chi connectivity index (χ1v) is 7.66. The van der Waals surface area contributed by atoms with Crippen LogP contribution in [-0.2, 0) is 11.3 Å². The van der Waals surface area contributed by atoms with Gasteiger partial charge in [0.2, 0.25) is 0 Å². The molecular weight excluding hydrogens is 337 g/mol. The Hall–Kier alpha value is -2.04. The summed E-state index contributed by atoms with van der Waals surface area (Å²) in [6, 6.07) is 11.7. The summed E-state index contributed by atoms with van der Waals surface area (Å²) >= 11 is 11.8. The van der Waals surface area contributed by atoms with Gasteiger partial charge in [-0.3, -0.25) is 9.59 Å². The Balaban J connectivity index is 1.82. The van der Waals surface area contributed by atoms with E-state index in [4.69, 9.17) is 27.9 Å². The molecule has 120 valence electrons. The minimum absolute atomic E-state index is 0.0193. The van der Waals surface area contributed by atoms with E-state index < -0.39 is 0 Å². The SMILES string of the molecule is CC(=O)c1ccc(OCC(=O)NCc2ccc(Cl)cc2Cl)cc1. The van der Waals surface area contributed by atoms with Crippen LogP contribution in [0.5, 0.6) is 5.75 Å². The molecule has 0 bridgehead atoms. The zero-order valence-electron chi connectivity index (χ0n) is 12.4. The van der Waals surface area contributed by atoms with Crippen molar-refractivity contribution in [1.82, 2.24) is 5.32 Å². The third kappa shape index (κ3) is 5.27. The Kier molecular flexibility index (Phi) is 6.02. The van der Waals surface area contributed by atoms with E-state index in [9.17, 15) is 9.59 Å². The Morgan fingerprint density at radius 1 is 1.09 bits per heavy atom. The molecule has 0 aliphatic heterocycles. The van der Waals surface area contributed by atoms with Crippen molar-refractivity contribution < 1.29 is 14.3 Å². The van der Waals surface area contributed by atoms with E-state index >= 15 is 0 Å². The second-order valence-electron chi connectivity index (χ2n) is 4.88. The van der Waals surface area contributed by atoms with Crippen LogP contribution < -0.4 is 10.1 Å². The van der Waals surface area contributed by atoms with E-state index in [1.165, 1.54) is 6.92 Å². The fourth-order valence-electron chi connectivity index (χ4n) is 1.84. The number of ether oxygens (including phenoxy) is 1. The largest absolute Gasteiger partial charge is 0.484 e. The Labute approximate surface area is 144 Å². The third-order valence-corrected chi connectivity index (χ3v) is 3.71. The van der Waals surface area contributed by atoms with E-state index in [1.54, 1.807) is 42.5 Å². The fraction of sp³-hybridized carbons (Fsp3) is 0.176. The zero-order chi connectivity index (χ0) is 16.8. The van der Waals surface area contributed by atoms with Gasteiger partial charge in [-0.1, -0.05) is 29.3 Å². The first kappa shape index (κ1) is 17.3. The number of hydrogen-bond donors (Lipinski definition) is 1. The molecule has 0 saturated heterocycles. The number of hydrogen-bond acceptors (Lipinski definition) is 3. The summed E-state index contributed by atoms with van der Waals surface area (Å²) in [5, 5.41) is 3.76. The maximum Gasteiger partial charge on any atom is 0.258 e. The van der Waals surface area contributed by atoms with Gasteiger partial charge in [0.05, 0.1) is 0 Å². The molecule has 0 fully saturated rings. The Bertz CT molecular complexity index is 714. The molecule has 0 spiro atoms. The minimum Gasteiger partial charge on any atom is -0.484 e. The topological polar surface area (TPSA) is 55.4 Å². The fourth-order valence-corrected chi connectivity index (χ4v) is 2.32. The van der Waals surface area contributed by atoms with Gasteiger partial charge in [-0.15, -0.1) is 0 Å². The molecule has 2 aromatic carbocycles. The van der Waals surface area contributed by atoms with E-state index in [0.717, 1.165) is 5.56 Å². The quantitative estimate of drug-likeness (QED) is 0.803. The molecule has 0 heterocycles. The van der Waals surface area contributed by atoms with Gasteiger partial charge in [0.25, 0.3) is 5.91 Å². The monoisotopic (exact) mass is 351 g/mol. The molecule has 0 aliphatic carbocycles. The van der Waals surface area contributed by atoms with E-state index in [0.29, 0.717) is 27.9 Å². The molecule has 0 unspecified atom stereocenters. The minimum atomic E-state index is -0.272. The molecule has 2 rings (SSSR count). The molecule has 4 nitrogen and oxygen atoms in total. The molecule has 23 heavy (non-hydrogen) atoms. The Morgan fingerprint density at radius 3 is 2.39 bits per heavy atom. The number of benzene rings is 2. The molecule has 2 aromatic rings. The number of Topliss-reactive ketones (excluding diaryl/α,β-unsaturated/α-hetero) is 1. The highest BCUT2D eigenvalue weighted by Gasteiger charge is 2.06. The van der Waals surface area contributed by atoms with Gasteiger partial charge in [-0.2, -0.15) is 0 Å². The maximum absolute atomic E-state index is 11.8. The molecular formula is C17H15Cl2NO3. The molecule has 0 aromatic heterocycles. The average molecular weight is 352 g/mol. The van der Waals surface area contributed by atoms with Crippen molar-refractivity contribution >= 4 is 34.9 Å². The van der Waals surface area contributed by atoms with Gasteiger partial charge in [0, 0.05) is 22.2 Å². The molecule has 1 N–H and O–H groups in total. The summed E-state index contributed by atoms with van der Waals surface area (Å²) in [5.41, 5.74) is 1.37. The predicted molar refractivity (Wildman–Crippen MR) is 90.3 cm³/mol. The van der Waals surface area contributed by atoms with Gasteiger partial charge in [0.15, 0.2) is 12.4 Å². The highest BCUT2D eigenvalue weighted by molar-refractivity contribution is 6.35. The third-order valence-electron chi connectivity index (χ3n) is 3.12. The van der Waals surface area contributed by atoms with Gasteiger partial charge in [0.1, 0.15) is 5.75 Å². The molecule has 0 aliphatic rings. The summed E-state index contributed by atoms with van der Waals surface area (Å²) in [4.78, 5) is 23.0. The summed E-state index contributed by atoms with van der Waals surface area (Å²) in [5.74, 6) is 0.232. The van der Waals surface area contributed by atoms with Crippen LogP contribution in [0.25, 0.3) is 0 Å². The number of rotatable bonds is 6. The van der Waals surface area contributed by atoms with E-state index in [2.05, 4.69) is 5.32 Å². The lowest BCUT2D eigenvalue weighted by molar-refractivity contribution is -0.123. The normalized spacial score (nSPS) is 10.2. The highest BCUT2D eigenvalue weighted by Crippen LogP contribution is 2.20. The molecule has 6 heteroatoms. The highest BCUT2D eigenvalue weighted by atomic mass is 35.5. The van der Waals surface area contributed by atoms with Crippen LogP contribution in [0, 0.1) is 0 Å². The van der Waals surface area contributed by atoms with Gasteiger partial charge in [-0.25, -0.2) is 0 Å². The van der Waals surface area contributed by atoms with Gasteiger partial charge >= 0.3 is 0 Å². The van der Waals surface area contributed by atoms with Crippen molar-refractivity contribution in [2.75, 3.05) is 6.61 Å². The van der Waals surface area contributed by atoms with Crippen LogP contribution in [0.1, 0.15) is 22.8 Å². The first-order valence-electron chi connectivity index (χ1n) is 6.90. The van der Waals surface area contributed by atoms with Crippen molar-refractivity contribution in [1.29, 1.82) is 0 Å². The lowest BCUT2D eigenvalue weighted by Crippen LogP contribution is -2.28. The van der Waals surface area contributed by atoms with Crippen LogP contribution in [-0.4, -0.2) is 18.3 Å². The van der Waals surface area contributed by atoms with Crippen molar-refractivity contribution in [3.63, 3.8) is 0 Å². The lowest BCUT2D eigenvalue weighted by Gasteiger charge is -2.09. The van der Waals surface area contributed by atoms with Crippen LogP contribution in [0.4, 0.5) is 0 Å². The molecule has 0 atom stereocenters. The number of ketones is 1. The number of amides is 1. The number of carbonyl (C=O) groups is 2. The first-order chi connectivity index (χ1) is 11.0. The van der Waals surface area contributed by atoms with Crippen LogP contribution >= 0.6 is 23.2 Å². The summed E-state index contributed by atoms with van der Waals surface area (Å²) in [6.45, 7) is 1.66. The smallest absolute Gasteiger partial charge is 0.258 e. The predicted octanol–water partition coefficient (Wildman–Crippen LogP) is 3.89. The molecule has 1 amide bonds. The molecule has 0 radical (unpaired) electrons. The number of nitrogens with one attached hydrogen (secondary N) is 1. The number of carbonyl (C=O) groups excluding carboxylic acids is 2. The van der Waals surface area contributed by atoms with Crippen molar-refractivity contribution in [3.8, 4) is 5.75 Å². The average Bonchev–Trinajstić information content (AvgIpc) is 2.52. The summed E-state index contributed by atoms with van der Waals surface area (Å²) in [7, 11) is 0. The van der Waals surface area contributed by atoms with Crippen LogP contribution in [0.15, 0.2) is 42.5 Å². The zero-order valence-corrected chi connectivity index (χ0v) is 13.9. The Morgan fingerprint density at radius 2 is 1.78 bits per heavy atom. The van der Waals surface area contributed by atoms with Crippen molar-refractivity contribution in [2.45, 2.75) is 13.5 Å². The standard InChI is InChI=1S/C17H15Cl2NO3/c1-11(21)12-3-6-15(7-4-12)23-10-17(22)20-9-13-2-5-14(18)8-16(13)19/h2-8H,9-10H2,1H3,(H,20,22). The summed E-state index contributed by atoms with van der Waals surface area (Å²) < 4.78 is 5.36. The second-order valence-corrected chi connectivity index (χ2v) is 5.73. The van der Waals surface area contributed by atoms with E-state index in [-0.39, 0.29) is 18.3 Å². The number of halogens is 2. The van der Waals surface area contributed by atoms with E-state index in [1.807, 2.05) is 0 Å². The van der Waals surface area contributed by atoms with Crippen LogP contribution in [0.3, 0.4) is 0 Å².